The number of anilines is 1. The molecule has 1 atom stereocenters. The zero-order chi connectivity index (χ0) is 17.9. The van der Waals surface area contributed by atoms with Gasteiger partial charge in [-0.25, -0.2) is 4.99 Å². The van der Waals surface area contributed by atoms with Crippen molar-refractivity contribution in [2.75, 3.05) is 12.4 Å². The molecule has 0 bridgehead atoms. The van der Waals surface area contributed by atoms with Crippen LogP contribution in [0.25, 0.3) is 0 Å². The Kier molecular flexibility index (Phi) is 5.42. The van der Waals surface area contributed by atoms with Crippen LogP contribution in [-0.2, 0) is 0 Å². The number of para-hydroxylation sites is 2. The van der Waals surface area contributed by atoms with Crippen LogP contribution in [0.5, 0.6) is 5.75 Å². The van der Waals surface area contributed by atoms with Gasteiger partial charge in [0.2, 0.25) is 11.3 Å². The number of hydrogen-bond donors (Lipinski definition) is 2. The van der Waals surface area contributed by atoms with Crippen LogP contribution in [0.3, 0.4) is 0 Å². The molecule has 0 saturated heterocycles. The predicted octanol–water partition coefficient (Wildman–Crippen LogP) is 4.61. The number of benzene rings is 2. The van der Waals surface area contributed by atoms with Crippen LogP contribution < -0.4 is 15.4 Å². The highest BCUT2D eigenvalue weighted by Gasteiger charge is 2.32. The number of amidine groups is 1. The average Bonchev–Trinajstić information content (AvgIpc) is 2.56. The Morgan fingerprint density at radius 3 is 2.56 bits per heavy atom. The van der Waals surface area contributed by atoms with Crippen molar-refractivity contribution in [2.45, 2.75) is 16.3 Å². The highest BCUT2D eigenvalue weighted by atomic mass is 35.5. The van der Waals surface area contributed by atoms with Crippen molar-refractivity contribution in [3.05, 3.63) is 54.1 Å². The molecule has 1 unspecified atom stereocenters. The van der Waals surface area contributed by atoms with E-state index in [-0.39, 0.29) is 5.29 Å². The minimum Gasteiger partial charge on any atom is -0.495 e. The number of nitrogens with one attached hydrogen (secondary N) is 2. The summed E-state index contributed by atoms with van der Waals surface area (Å²) in [5, 5.41) is 6.15. The summed E-state index contributed by atoms with van der Waals surface area (Å²) in [7, 11) is 1.60. The second-order valence-corrected chi connectivity index (χ2v) is 7.61. The van der Waals surface area contributed by atoms with E-state index in [2.05, 4.69) is 20.6 Å². The van der Waals surface area contributed by atoms with Crippen molar-refractivity contribution in [1.82, 2.24) is 5.32 Å². The summed E-state index contributed by atoms with van der Waals surface area (Å²) in [6.45, 7) is 2.03. The lowest BCUT2D eigenvalue weighted by Crippen LogP contribution is -2.40. The quantitative estimate of drug-likeness (QED) is 0.586. The molecule has 3 rings (SSSR count). The Hall–Kier alpha value is -1.89. The van der Waals surface area contributed by atoms with Gasteiger partial charge in [0.1, 0.15) is 5.75 Å². The topological polar surface area (TPSA) is 58.0 Å². The summed E-state index contributed by atoms with van der Waals surface area (Å²) < 4.78 is 4.04. The van der Waals surface area contributed by atoms with Crippen LogP contribution in [0.15, 0.2) is 63.4 Å². The van der Waals surface area contributed by atoms with Crippen LogP contribution in [-0.4, -0.2) is 22.8 Å². The molecule has 0 aliphatic carbocycles. The van der Waals surface area contributed by atoms with Crippen LogP contribution in [0.1, 0.15) is 5.56 Å². The van der Waals surface area contributed by atoms with E-state index in [1.54, 1.807) is 7.11 Å². The number of nitrogens with zero attached hydrogens (tertiary/aromatic N) is 2. The second kappa shape index (κ2) is 7.56. The molecule has 0 radical (unpaired) electrons. The molecule has 2 aromatic rings. The number of aryl methyl sites for hydroxylation is 1. The van der Waals surface area contributed by atoms with E-state index in [1.165, 1.54) is 17.3 Å². The van der Waals surface area contributed by atoms with Crippen molar-refractivity contribution in [3.63, 3.8) is 0 Å². The first-order chi connectivity index (χ1) is 12.0. The Morgan fingerprint density at radius 1 is 1.12 bits per heavy atom. The maximum atomic E-state index is 6.57. The largest absolute Gasteiger partial charge is 0.495 e. The Labute approximate surface area is 160 Å². The molecule has 0 aromatic heterocycles. The Balaban J connectivity index is 1.84. The fraction of sp³-hybridized carbons (Fsp3) is 0.176. The molecule has 1 aliphatic heterocycles. The molecular weight excluding hydrogens is 379 g/mol. The zero-order valence-electron chi connectivity index (χ0n) is 13.6. The van der Waals surface area contributed by atoms with E-state index >= 15 is 0 Å². The summed E-state index contributed by atoms with van der Waals surface area (Å²) in [4.78, 5) is 9.60. The lowest BCUT2D eigenvalue weighted by atomic mass is 10.2. The van der Waals surface area contributed by atoms with Gasteiger partial charge in [0.25, 0.3) is 4.45 Å². The molecule has 1 aliphatic rings. The zero-order valence-corrected chi connectivity index (χ0v) is 15.9. The van der Waals surface area contributed by atoms with E-state index in [1.807, 2.05) is 55.5 Å². The highest BCUT2D eigenvalue weighted by molar-refractivity contribution is 8.01. The maximum Gasteiger partial charge on any atom is 0.285 e. The maximum absolute atomic E-state index is 6.57. The van der Waals surface area contributed by atoms with Crippen molar-refractivity contribution < 1.29 is 4.74 Å². The monoisotopic (exact) mass is 394 g/mol. The molecule has 1 heterocycles. The van der Waals surface area contributed by atoms with E-state index in [9.17, 15) is 0 Å². The van der Waals surface area contributed by atoms with E-state index < -0.39 is 4.45 Å². The fourth-order valence-corrected chi connectivity index (χ4v) is 3.76. The number of thioether (sulfide) groups is 1. The predicted molar refractivity (Wildman–Crippen MR) is 106 cm³/mol. The van der Waals surface area contributed by atoms with E-state index in [0.29, 0.717) is 11.7 Å². The van der Waals surface area contributed by atoms with Gasteiger partial charge in [-0.15, -0.1) is 0 Å². The normalized spacial score (nSPS) is 19.5. The van der Waals surface area contributed by atoms with Gasteiger partial charge >= 0.3 is 0 Å². The molecule has 130 valence electrons. The van der Waals surface area contributed by atoms with Crippen molar-refractivity contribution in [3.8, 4) is 5.75 Å². The minimum absolute atomic E-state index is 0.155. The van der Waals surface area contributed by atoms with Crippen molar-refractivity contribution in [2.24, 2.45) is 9.98 Å². The van der Waals surface area contributed by atoms with Crippen molar-refractivity contribution >= 4 is 51.9 Å². The van der Waals surface area contributed by atoms with E-state index in [0.717, 1.165) is 10.6 Å². The van der Waals surface area contributed by atoms with Crippen molar-refractivity contribution in [1.29, 1.82) is 0 Å². The molecule has 2 aromatic carbocycles. The Morgan fingerprint density at radius 2 is 1.84 bits per heavy atom. The molecule has 0 spiro atoms. The number of rotatable bonds is 4. The number of hydrogen-bond acceptors (Lipinski definition) is 6. The fourth-order valence-electron chi connectivity index (χ4n) is 2.17. The molecule has 25 heavy (non-hydrogen) atoms. The number of ether oxygens (including phenoxy) is 1. The van der Waals surface area contributed by atoms with Crippen LogP contribution in [0.4, 0.5) is 5.69 Å². The van der Waals surface area contributed by atoms with Gasteiger partial charge in [0.05, 0.1) is 12.8 Å². The third kappa shape index (κ3) is 4.60. The second-order valence-electron chi connectivity index (χ2n) is 5.26. The molecule has 8 heteroatoms. The van der Waals surface area contributed by atoms with Gasteiger partial charge in [0.15, 0.2) is 0 Å². The first-order valence-electron chi connectivity index (χ1n) is 7.44. The highest BCUT2D eigenvalue weighted by Crippen LogP contribution is 2.40. The third-order valence-electron chi connectivity index (χ3n) is 3.34. The molecule has 5 nitrogen and oxygen atoms in total. The van der Waals surface area contributed by atoms with Gasteiger partial charge in [-0.1, -0.05) is 53.2 Å². The number of methoxy groups -OCH3 is 1. The lowest BCUT2D eigenvalue weighted by Gasteiger charge is -2.25. The minimum atomic E-state index is -1.29. The van der Waals surface area contributed by atoms with E-state index in [4.69, 9.17) is 27.9 Å². The standard InChI is InChI=1S/C17H16Cl2N4OS/c1-11-7-9-12(10-8-11)25-17(19)22-15(18)21-16(23-17)20-13-5-3-4-6-14(13)24-2/h3-10H,1-2H3,(H2,20,21,22,23). The first kappa shape index (κ1) is 17.9. The van der Waals surface area contributed by atoms with Gasteiger partial charge in [-0.3, -0.25) is 0 Å². The summed E-state index contributed by atoms with van der Waals surface area (Å²) in [6.07, 6.45) is 0. The SMILES string of the molecule is COc1ccccc1NC1=NC(Cl)(Sc2ccc(C)cc2)N=C(Cl)N1. The summed E-state index contributed by atoms with van der Waals surface area (Å²) in [5.74, 6) is 1.07. The van der Waals surface area contributed by atoms with Gasteiger partial charge in [0, 0.05) is 4.90 Å². The van der Waals surface area contributed by atoms with Crippen LogP contribution in [0.2, 0.25) is 0 Å². The molecule has 0 fully saturated rings. The number of alkyl halides is 1. The summed E-state index contributed by atoms with van der Waals surface area (Å²) in [6, 6.07) is 15.4. The molecule has 2 N–H and O–H groups in total. The third-order valence-corrected chi connectivity index (χ3v) is 4.87. The number of halogens is 2. The summed E-state index contributed by atoms with van der Waals surface area (Å²) in [5.41, 5.74) is 1.91. The summed E-state index contributed by atoms with van der Waals surface area (Å²) >= 11 is 14.0. The number of aliphatic imine (C=N–C) groups is 2. The first-order valence-corrected chi connectivity index (χ1v) is 9.01. The van der Waals surface area contributed by atoms with Gasteiger partial charge < -0.3 is 15.4 Å². The smallest absolute Gasteiger partial charge is 0.285 e. The van der Waals surface area contributed by atoms with Crippen LogP contribution >= 0.6 is 35.0 Å². The van der Waals surface area contributed by atoms with Crippen LogP contribution in [0, 0.1) is 6.92 Å². The molecular formula is C17H16Cl2N4OS. The lowest BCUT2D eigenvalue weighted by molar-refractivity contribution is 0.417. The Bertz CT molecular complexity index is 826. The average molecular weight is 395 g/mol. The number of guanidine groups is 1. The molecule has 0 amide bonds. The van der Waals surface area contributed by atoms with Gasteiger partial charge in [-0.05, 0) is 42.8 Å². The van der Waals surface area contributed by atoms with Gasteiger partial charge in [-0.2, -0.15) is 4.99 Å². The molecule has 0 saturated carbocycles.